The third-order valence-corrected chi connectivity index (χ3v) is 8.48. The van der Waals surface area contributed by atoms with Crippen LogP contribution in [0.1, 0.15) is 44.6 Å². The maximum atomic E-state index is 14.0. The van der Waals surface area contributed by atoms with E-state index in [1.807, 2.05) is 84.9 Å². The molecule has 0 spiro atoms. The summed E-state index contributed by atoms with van der Waals surface area (Å²) in [5, 5.41) is 12.5. The topological polar surface area (TPSA) is 167 Å². The van der Waals surface area contributed by atoms with Crippen molar-refractivity contribution in [2.45, 2.75) is 43.9 Å². The second kappa shape index (κ2) is 13.7. The summed E-state index contributed by atoms with van der Waals surface area (Å²) >= 11 is 0. The molecule has 1 aromatic heterocycles. The smallest absolute Gasteiger partial charge is 0.270 e. The molecular formula is C37H36N6O4. The number of primary amides is 1. The molecule has 0 saturated heterocycles. The van der Waals surface area contributed by atoms with Crippen LogP contribution in [0, 0.1) is 0 Å². The molecule has 5 aromatic rings. The highest BCUT2D eigenvalue weighted by atomic mass is 16.3. The van der Waals surface area contributed by atoms with Crippen LogP contribution in [0.3, 0.4) is 0 Å². The third-order valence-electron chi connectivity index (χ3n) is 8.48. The molecule has 3 amide bonds. The molecular weight excluding hydrogens is 592 g/mol. The van der Waals surface area contributed by atoms with Crippen LogP contribution in [0.4, 0.5) is 0 Å². The average molecular weight is 629 g/mol. The quantitative estimate of drug-likeness (QED) is 0.158. The number of phenols is 1. The van der Waals surface area contributed by atoms with Gasteiger partial charge in [0.15, 0.2) is 0 Å². The zero-order valence-corrected chi connectivity index (χ0v) is 25.7. The Balaban J connectivity index is 1.35. The largest absolute Gasteiger partial charge is 0.508 e. The molecule has 1 aliphatic rings. The van der Waals surface area contributed by atoms with Crippen molar-refractivity contribution in [2.24, 2.45) is 11.5 Å². The van der Waals surface area contributed by atoms with Crippen molar-refractivity contribution in [2.75, 3.05) is 0 Å². The standard InChI is InChI=1S/C37H36N6O4/c38-29(19-24-15-17-28(44)18-16-24)37(47)43-22-27-14-8-7-13-26(27)21-31(43)35-41-32(25-11-5-2-6-12-25)33(42-35)36(46)40-30(34(39)45)20-23-9-3-1-4-10-23/h1-18,29-31,44H,19-22,38H2,(H2,39,45)(H,40,46)(H,41,42)/t29-,30?,31-/m0/s1. The lowest BCUT2D eigenvalue weighted by Gasteiger charge is -2.37. The maximum absolute atomic E-state index is 14.0. The molecule has 3 atom stereocenters. The number of imidazole rings is 1. The van der Waals surface area contributed by atoms with Crippen LogP contribution < -0.4 is 16.8 Å². The fraction of sp³-hybridized carbons (Fsp3) is 0.189. The Morgan fingerprint density at radius 1 is 0.851 bits per heavy atom. The second-order valence-corrected chi connectivity index (χ2v) is 11.8. The van der Waals surface area contributed by atoms with Gasteiger partial charge in [-0.15, -0.1) is 0 Å². The van der Waals surface area contributed by atoms with Crippen molar-refractivity contribution < 1.29 is 19.5 Å². The first-order valence-electron chi connectivity index (χ1n) is 15.5. The molecule has 1 aliphatic heterocycles. The predicted octanol–water partition coefficient (Wildman–Crippen LogP) is 3.80. The van der Waals surface area contributed by atoms with Crippen molar-refractivity contribution in [3.05, 3.63) is 143 Å². The molecule has 7 N–H and O–H groups in total. The number of aromatic hydroxyl groups is 1. The molecule has 238 valence electrons. The molecule has 6 rings (SSSR count). The van der Waals surface area contributed by atoms with Crippen LogP contribution in [0.2, 0.25) is 0 Å². The minimum absolute atomic E-state index is 0.135. The Bertz CT molecular complexity index is 1870. The fourth-order valence-corrected chi connectivity index (χ4v) is 6.01. The van der Waals surface area contributed by atoms with E-state index in [1.54, 1.807) is 29.2 Å². The summed E-state index contributed by atoms with van der Waals surface area (Å²) in [6.45, 7) is 0.312. The van der Waals surface area contributed by atoms with Gasteiger partial charge in [-0.05, 0) is 40.8 Å². The monoisotopic (exact) mass is 628 g/mol. The minimum Gasteiger partial charge on any atom is -0.508 e. The molecule has 0 aliphatic carbocycles. The van der Waals surface area contributed by atoms with Gasteiger partial charge in [-0.2, -0.15) is 0 Å². The summed E-state index contributed by atoms with van der Waals surface area (Å²) in [7, 11) is 0. The van der Waals surface area contributed by atoms with Gasteiger partial charge >= 0.3 is 0 Å². The van der Waals surface area contributed by atoms with Gasteiger partial charge in [-0.25, -0.2) is 4.98 Å². The number of aromatic nitrogens is 2. The highest BCUT2D eigenvalue weighted by Gasteiger charge is 2.36. The van der Waals surface area contributed by atoms with Gasteiger partial charge < -0.3 is 31.8 Å². The van der Waals surface area contributed by atoms with E-state index in [0.29, 0.717) is 30.0 Å². The Labute approximate surface area is 272 Å². The van der Waals surface area contributed by atoms with E-state index >= 15 is 0 Å². The fourth-order valence-electron chi connectivity index (χ4n) is 6.01. The number of phenolic OH excluding ortho intramolecular Hbond substituents is 1. The Morgan fingerprint density at radius 2 is 1.47 bits per heavy atom. The van der Waals surface area contributed by atoms with Gasteiger partial charge in [-0.3, -0.25) is 14.4 Å². The average Bonchev–Trinajstić information content (AvgIpc) is 3.54. The number of rotatable bonds is 10. The Hall–Kier alpha value is -5.74. The summed E-state index contributed by atoms with van der Waals surface area (Å²) in [6, 6.07) is 30.7. The molecule has 10 heteroatoms. The summed E-state index contributed by atoms with van der Waals surface area (Å²) in [5.41, 5.74) is 17.2. The number of nitrogens with two attached hydrogens (primary N) is 2. The number of amides is 3. The lowest BCUT2D eigenvalue weighted by atomic mass is 9.92. The number of nitrogens with one attached hydrogen (secondary N) is 2. The number of hydrogen-bond donors (Lipinski definition) is 5. The van der Waals surface area contributed by atoms with Crippen molar-refractivity contribution >= 4 is 17.7 Å². The molecule has 2 heterocycles. The van der Waals surface area contributed by atoms with Gasteiger partial charge in [0.1, 0.15) is 29.0 Å². The summed E-state index contributed by atoms with van der Waals surface area (Å²) in [5.74, 6) is -0.910. The van der Waals surface area contributed by atoms with E-state index in [0.717, 1.165) is 22.3 Å². The van der Waals surface area contributed by atoms with E-state index in [2.05, 4.69) is 10.3 Å². The number of carbonyl (C=O) groups excluding carboxylic acids is 3. The SMILES string of the molecule is NC(=O)C(Cc1ccccc1)NC(=O)c1[nH]c([C@@H]2Cc3ccccc3CN2C(=O)[C@@H](N)Cc2ccc(O)cc2)nc1-c1ccccc1. The van der Waals surface area contributed by atoms with Gasteiger partial charge in [0, 0.05) is 24.9 Å². The number of benzene rings is 4. The molecule has 4 aromatic carbocycles. The highest BCUT2D eigenvalue weighted by Crippen LogP contribution is 2.35. The zero-order valence-electron chi connectivity index (χ0n) is 25.7. The first kappa shape index (κ1) is 31.3. The van der Waals surface area contributed by atoms with E-state index < -0.39 is 29.9 Å². The minimum atomic E-state index is -0.960. The number of carbonyl (C=O) groups is 3. The highest BCUT2D eigenvalue weighted by molar-refractivity contribution is 6.00. The van der Waals surface area contributed by atoms with Crippen LogP contribution in [-0.2, 0) is 35.4 Å². The van der Waals surface area contributed by atoms with E-state index in [1.165, 1.54) is 0 Å². The van der Waals surface area contributed by atoms with Crippen LogP contribution in [0.25, 0.3) is 11.3 Å². The van der Waals surface area contributed by atoms with E-state index in [4.69, 9.17) is 16.5 Å². The van der Waals surface area contributed by atoms with Crippen molar-refractivity contribution in [1.29, 1.82) is 0 Å². The van der Waals surface area contributed by atoms with Crippen LogP contribution in [-0.4, -0.2) is 49.8 Å². The third kappa shape index (κ3) is 7.08. The lowest BCUT2D eigenvalue weighted by Crippen LogP contribution is -2.48. The maximum Gasteiger partial charge on any atom is 0.270 e. The van der Waals surface area contributed by atoms with Crippen molar-refractivity contribution in [3.63, 3.8) is 0 Å². The molecule has 0 radical (unpaired) electrons. The van der Waals surface area contributed by atoms with Crippen LogP contribution >= 0.6 is 0 Å². The van der Waals surface area contributed by atoms with Gasteiger partial charge in [0.2, 0.25) is 11.8 Å². The number of hydrogen-bond acceptors (Lipinski definition) is 6. The number of nitrogens with zero attached hydrogens (tertiary/aromatic N) is 2. The number of H-pyrrole nitrogens is 1. The summed E-state index contributed by atoms with van der Waals surface area (Å²) in [4.78, 5) is 50.2. The van der Waals surface area contributed by atoms with Gasteiger partial charge in [0.05, 0.1) is 12.1 Å². The number of fused-ring (bicyclic) bond motifs is 1. The van der Waals surface area contributed by atoms with Crippen LogP contribution in [0.15, 0.2) is 109 Å². The first-order chi connectivity index (χ1) is 22.8. The normalized spacial score (nSPS) is 15.3. The summed E-state index contributed by atoms with van der Waals surface area (Å²) < 4.78 is 0. The van der Waals surface area contributed by atoms with E-state index in [9.17, 15) is 19.5 Å². The molecule has 0 saturated carbocycles. The second-order valence-electron chi connectivity index (χ2n) is 11.8. The molecule has 0 fully saturated rings. The molecule has 47 heavy (non-hydrogen) atoms. The van der Waals surface area contributed by atoms with Gasteiger partial charge in [0.25, 0.3) is 5.91 Å². The van der Waals surface area contributed by atoms with Gasteiger partial charge in [-0.1, -0.05) is 97.1 Å². The molecule has 0 bridgehead atoms. The molecule has 1 unspecified atom stereocenters. The first-order valence-corrected chi connectivity index (χ1v) is 15.5. The lowest BCUT2D eigenvalue weighted by molar-refractivity contribution is -0.136. The van der Waals surface area contributed by atoms with Crippen molar-refractivity contribution in [1.82, 2.24) is 20.2 Å². The van der Waals surface area contributed by atoms with Crippen molar-refractivity contribution in [3.8, 4) is 17.0 Å². The predicted molar refractivity (Wildman–Crippen MR) is 178 cm³/mol. The van der Waals surface area contributed by atoms with E-state index in [-0.39, 0.29) is 30.2 Å². The molecule has 10 nitrogen and oxygen atoms in total. The van der Waals surface area contributed by atoms with Crippen LogP contribution in [0.5, 0.6) is 5.75 Å². The Morgan fingerprint density at radius 3 is 2.15 bits per heavy atom. The number of aromatic amines is 1. The Kier molecular flexibility index (Phi) is 9.12. The zero-order chi connectivity index (χ0) is 32.9. The summed E-state index contributed by atoms with van der Waals surface area (Å²) in [6.07, 6.45) is 0.958.